The van der Waals surface area contributed by atoms with Crippen molar-refractivity contribution in [1.82, 2.24) is 10.2 Å². The summed E-state index contributed by atoms with van der Waals surface area (Å²) in [6.45, 7) is 8.62. The molecule has 1 aliphatic heterocycles. The number of amides is 2. The molecule has 2 N–H and O–H groups in total. The van der Waals surface area contributed by atoms with Gasteiger partial charge in [0.1, 0.15) is 0 Å². The first-order valence-electron chi connectivity index (χ1n) is 11.0. The molecule has 0 radical (unpaired) electrons. The zero-order valence-corrected chi connectivity index (χ0v) is 19.4. The van der Waals surface area contributed by atoms with Crippen LogP contribution in [0.15, 0.2) is 18.2 Å². The van der Waals surface area contributed by atoms with Crippen LogP contribution < -0.4 is 20.1 Å². The van der Waals surface area contributed by atoms with Crippen LogP contribution in [0.3, 0.4) is 0 Å². The summed E-state index contributed by atoms with van der Waals surface area (Å²) in [6.07, 6.45) is 2.53. The second-order valence-corrected chi connectivity index (χ2v) is 8.11. The van der Waals surface area contributed by atoms with Gasteiger partial charge in [-0.25, -0.2) is 0 Å². The van der Waals surface area contributed by atoms with Gasteiger partial charge in [-0.3, -0.25) is 14.5 Å². The number of hydrogen-bond acceptors (Lipinski definition) is 6. The van der Waals surface area contributed by atoms with E-state index < -0.39 is 0 Å². The van der Waals surface area contributed by atoms with Crippen LogP contribution in [0.25, 0.3) is 0 Å². The number of benzene rings is 1. The number of nitrogens with zero attached hydrogens (tertiary/aromatic N) is 1. The minimum atomic E-state index is -0.287. The van der Waals surface area contributed by atoms with Gasteiger partial charge < -0.3 is 24.8 Å². The highest BCUT2D eigenvalue weighted by Gasteiger charge is 2.29. The minimum absolute atomic E-state index is 0.00313. The van der Waals surface area contributed by atoms with Crippen LogP contribution in [-0.4, -0.2) is 69.3 Å². The molecule has 0 spiro atoms. The van der Waals surface area contributed by atoms with Gasteiger partial charge in [-0.1, -0.05) is 0 Å². The number of carbonyl (C=O) groups is 2. The topological polar surface area (TPSA) is 89.1 Å². The summed E-state index contributed by atoms with van der Waals surface area (Å²) in [4.78, 5) is 27.2. The van der Waals surface area contributed by atoms with Crippen molar-refractivity contribution < 1.29 is 23.8 Å². The standard InChI is InChI=1S/C23H37N3O5/c1-16(2)31-14-6-11-24-23(28)18-9-12-26(13-10-18)17(3)22(27)25-19-7-8-20(29-4)21(15-19)30-5/h7-8,15-18H,6,9-14H2,1-5H3,(H,24,28)(H,25,27). The van der Waals surface area contributed by atoms with Crippen LogP contribution in [0.5, 0.6) is 11.5 Å². The third-order valence-electron chi connectivity index (χ3n) is 5.55. The van der Waals surface area contributed by atoms with Crippen LogP contribution in [0.2, 0.25) is 0 Å². The number of anilines is 1. The molecule has 1 unspecified atom stereocenters. The van der Waals surface area contributed by atoms with E-state index in [1.807, 2.05) is 20.8 Å². The monoisotopic (exact) mass is 435 g/mol. The van der Waals surface area contributed by atoms with Gasteiger partial charge in [0.2, 0.25) is 11.8 Å². The zero-order valence-electron chi connectivity index (χ0n) is 19.4. The maximum atomic E-state index is 12.7. The first-order chi connectivity index (χ1) is 14.8. The molecule has 2 amide bonds. The lowest BCUT2D eigenvalue weighted by Crippen LogP contribution is -2.48. The number of likely N-dealkylation sites (tertiary alicyclic amines) is 1. The van der Waals surface area contributed by atoms with Crippen molar-refractivity contribution >= 4 is 17.5 Å². The van der Waals surface area contributed by atoms with E-state index in [1.165, 1.54) is 0 Å². The summed E-state index contributed by atoms with van der Waals surface area (Å²) in [7, 11) is 3.13. The summed E-state index contributed by atoms with van der Waals surface area (Å²) in [5.74, 6) is 1.20. The fourth-order valence-electron chi connectivity index (χ4n) is 3.62. The van der Waals surface area contributed by atoms with E-state index in [4.69, 9.17) is 14.2 Å². The van der Waals surface area contributed by atoms with Crippen molar-refractivity contribution in [2.24, 2.45) is 5.92 Å². The van der Waals surface area contributed by atoms with E-state index in [0.29, 0.717) is 30.3 Å². The van der Waals surface area contributed by atoms with Gasteiger partial charge in [-0.05, 0) is 65.3 Å². The van der Waals surface area contributed by atoms with Crippen molar-refractivity contribution in [3.8, 4) is 11.5 Å². The van der Waals surface area contributed by atoms with Gasteiger partial charge in [-0.2, -0.15) is 0 Å². The quantitative estimate of drug-likeness (QED) is 0.520. The molecular weight excluding hydrogens is 398 g/mol. The molecule has 1 atom stereocenters. The maximum absolute atomic E-state index is 12.7. The molecule has 1 aromatic rings. The van der Waals surface area contributed by atoms with Gasteiger partial charge in [-0.15, -0.1) is 0 Å². The predicted octanol–water partition coefficient (Wildman–Crippen LogP) is 2.67. The average molecular weight is 436 g/mol. The van der Waals surface area contributed by atoms with Crippen LogP contribution in [-0.2, 0) is 14.3 Å². The summed E-state index contributed by atoms with van der Waals surface area (Å²) < 4.78 is 16.0. The highest BCUT2D eigenvalue weighted by molar-refractivity contribution is 5.94. The van der Waals surface area contributed by atoms with Crippen molar-refractivity contribution in [3.63, 3.8) is 0 Å². The SMILES string of the molecule is COc1ccc(NC(=O)C(C)N2CCC(C(=O)NCCCOC(C)C)CC2)cc1OC. The molecule has 8 nitrogen and oxygen atoms in total. The lowest BCUT2D eigenvalue weighted by molar-refractivity contribution is -0.127. The first kappa shape index (κ1) is 24.9. The maximum Gasteiger partial charge on any atom is 0.241 e. The molecule has 0 saturated carbocycles. The van der Waals surface area contributed by atoms with Crippen molar-refractivity contribution in [2.75, 3.05) is 45.8 Å². The first-order valence-corrected chi connectivity index (χ1v) is 11.0. The minimum Gasteiger partial charge on any atom is -0.493 e. The van der Waals surface area contributed by atoms with E-state index in [2.05, 4.69) is 15.5 Å². The largest absolute Gasteiger partial charge is 0.493 e. The third kappa shape index (κ3) is 7.70. The van der Waals surface area contributed by atoms with Gasteiger partial charge in [0, 0.05) is 30.8 Å². The second kappa shape index (κ2) is 12.5. The molecule has 1 heterocycles. The van der Waals surface area contributed by atoms with Crippen LogP contribution in [0, 0.1) is 5.92 Å². The lowest BCUT2D eigenvalue weighted by Gasteiger charge is -2.34. The molecule has 0 aromatic heterocycles. The summed E-state index contributed by atoms with van der Waals surface area (Å²) in [5, 5.41) is 5.95. The Bertz CT molecular complexity index is 717. The fraction of sp³-hybridized carbons (Fsp3) is 0.652. The molecule has 1 fully saturated rings. The van der Waals surface area contributed by atoms with E-state index in [9.17, 15) is 9.59 Å². The highest BCUT2D eigenvalue weighted by atomic mass is 16.5. The van der Waals surface area contributed by atoms with Crippen molar-refractivity contribution in [3.05, 3.63) is 18.2 Å². The molecule has 2 rings (SSSR count). The van der Waals surface area contributed by atoms with Crippen LogP contribution in [0.1, 0.15) is 40.0 Å². The Labute approximate surface area is 185 Å². The molecule has 174 valence electrons. The molecule has 1 aliphatic rings. The molecule has 0 aliphatic carbocycles. The average Bonchev–Trinajstić information content (AvgIpc) is 2.77. The number of nitrogens with one attached hydrogen (secondary N) is 2. The number of methoxy groups -OCH3 is 2. The number of carbonyl (C=O) groups excluding carboxylic acids is 2. The molecule has 1 aromatic carbocycles. The lowest BCUT2D eigenvalue weighted by atomic mass is 9.95. The fourth-order valence-corrected chi connectivity index (χ4v) is 3.62. The summed E-state index contributed by atoms with van der Waals surface area (Å²) >= 11 is 0. The van der Waals surface area contributed by atoms with Crippen molar-refractivity contribution in [2.45, 2.75) is 52.2 Å². The van der Waals surface area contributed by atoms with Gasteiger partial charge >= 0.3 is 0 Å². The molecular formula is C23H37N3O5. The number of rotatable bonds is 11. The van der Waals surface area contributed by atoms with Crippen LogP contribution >= 0.6 is 0 Å². The van der Waals surface area contributed by atoms with Crippen molar-refractivity contribution in [1.29, 1.82) is 0 Å². The third-order valence-corrected chi connectivity index (χ3v) is 5.55. The Morgan fingerprint density at radius 1 is 1.10 bits per heavy atom. The Balaban J connectivity index is 1.76. The molecule has 31 heavy (non-hydrogen) atoms. The Morgan fingerprint density at radius 3 is 2.39 bits per heavy atom. The van der Waals surface area contributed by atoms with Gasteiger partial charge in [0.05, 0.1) is 26.4 Å². The van der Waals surface area contributed by atoms with Gasteiger partial charge in [0.15, 0.2) is 11.5 Å². The van der Waals surface area contributed by atoms with E-state index in [1.54, 1.807) is 32.4 Å². The number of ether oxygens (including phenoxy) is 3. The molecule has 1 saturated heterocycles. The Kier molecular flexibility index (Phi) is 10.1. The van der Waals surface area contributed by atoms with E-state index in [-0.39, 0.29) is 29.9 Å². The molecule has 8 heteroatoms. The normalized spacial score (nSPS) is 16.1. The second-order valence-electron chi connectivity index (χ2n) is 8.11. The van der Waals surface area contributed by atoms with Crippen LogP contribution in [0.4, 0.5) is 5.69 Å². The Morgan fingerprint density at radius 2 is 1.77 bits per heavy atom. The smallest absolute Gasteiger partial charge is 0.241 e. The highest BCUT2D eigenvalue weighted by Crippen LogP contribution is 2.30. The Hall–Kier alpha value is -2.32. The van der Waals surface area contributed by atoms with E-state index >= 15 is 0 Å². The summed E-state index contributed by atoms with van der Waals surface area (Å²) in [6, 6.07) is 5.00. The molecule has 0 bridgehead atoms. The summed E-state index contributed by atoms with van der Waals surface area (Å²) in [5.41, 5.74) is 0.658. The van der Waals surface area contributed by atoms with Gasteiger partial charge in [0.25, 0.3) is 0 Å². The van der Waals surface area contributed by atoms with E-state index in [0.717, 1.165) is 32.4 Å². The number of hydrogen-bond donors (Lipinski definition) is 2. The number of piperidine rings is 1. The predicted molar refractivity (Wildman–Crippen MR) is 121 cm³/mol. The zero-order chi connectivity index (χ0) is 22.8.